The largest absolute Gasteiger partial charge is 0.310 e. The van der Waals surface area contributed by atoms with Gasteiger partial charge in [0.15, 0.2) is 0 Å². The van der Waals surface area contributed by atoms with Crippen LogP contribution in [0.4, 0.5) is 51.2 Å². The highest BCUT2D eigenvalue weighted by molar-refractivity contribution is 7.25. The predicted molar refractivity (Wildman–Crippen MR) is 368 cm³/mol. The number of hydrogen-bond acceptors (Lipinski definition) is 4. The predicted octanol–water partition coefficient (Wildman–Crippen LogP) is 24.0. The van der Waals surface area contributed by atoms with Crippen LogP contribution in [0, 0.1) is 0 Å². The minimum absolute atomic E-state index is 0.996. The Hall–Kier alpha value is -11.0. The van der Waals surface area contributed by atoms with Crippen LogP contribution in [0.2, 0.25) is 0 Å². The monoisotopic (exact) mass is 1120 g/mol. The van der Waals surface area contributed by atoms with Crippen LogP contribution < -0.4 is 14.7 Å². The molecule has 15 aromatic rings. The molecule has 86 heavy (non-hydrogen) atoms. The average molecular weight is 1120 g/mol. The fourth-order valence-corrected chi connectivity index (χ4v) is 13.3. The first-order chi connectivity index (χ1) is 42.6. The average Bonchev–Trinajstić information content (AvgIpc) is 1.77. The summed E-state index contributed by atoms with van der Waals surface area (Å²) in [6.45, 7) is 0. The van der Waals surface area contributed by atoms with Gasteiger partial charge in [0.05, 0.1) is 22.7 Å². The van der Waals surface area contributed by atoms with Crippen LogP contribution in [0.15, 0.2) is 346 Å². The van der Waals surface area contributed by atoms with E-state index in [2.05, 4.69) is 360 Å². The molecule has 0 aliphatic rings. The number of thiophene rings is 1. The highest BCUT2D eigenvalue weighted by Crippen LogP contribution is 2.48. The summed E-state index contributed by atoms with van der Waals surface area (Å²) in [7, 11) is 0. The van der Waals surface area contributed by atoms with E-state index in [1.807, 2.05) is 11.3 Å². The molecule has 0 N–H and O–H groups in total. The van der Waals surface area contributed by atoms with Crippen molar-refractivity contribution in [1.29, 1.82) is 0 Å². The molecule has 3 nitrogen and oxygen atoms in total. The molecule has 0 fully saturated rings. The third-order valence-corrected chi connectivity index (χ3v) is 17.5. The van der Waals surface area contributed by atoms with Crippen molar-refractivity contribution in [3.63, 3.8) is 0 Å². The molecule has 1 heterocycles. The number of para-hydroxylation sites is 2. The van der Waals surface area contributed by atoms with Crippen molar-refractivity contribution in [1.82, 2.24) is 0 Å². The second-order valence-electron chi connectivity index (χ2n) is 21.7. The van der Waals surface area contributed by atoms with E-state index in [0.717, 1.165) is 73.3 Å². The first kappa shape index (κ1) is 51.8. The van der Waals surface area contributed by atoms with Gasteiger partial charge in [-0.3, -0.25) is 0 Å². The summed E-state index contributed by atoms with van der Waals surface area (Å²) in [5, 5.41) is 4.91. The van der Waals surface area contributed by atoms with Gasteiger partial charge in [0.2, 0.25) is 0 Å². The smallest absolute Gasteiger partial charge is 0.0540 e. The van der Waals surface area contributed by atoms with Crippen molar-refractivity contribution in [2.45, 2.75) is 0 Å². The number of rotatable bonds is 14. The number of anilines is 9. The summed E-state index contributed by atoms with van der Waals surface area (Å²) in [5.41, 5.74) is 21.0. The second kappa shape index (κ2) is 23.0. The van der Waals surface area contributed by atoms with Crippen molar-refractivity contribution in [2.75, 3.05) is 14.7 Å². The molecule has 0 aliphatic heterocycles. The maximum atomic E-state index is 2.45. The Morgan fingerprint density at radius 3 is 1.00 bits per heavy atom. The Morgan fingerprint density at radius 2 is 0.500 bits per heavy atom. The molecule has 406 valence electrons. The van der Waals surface area contributed by atoms with Crippen molar-refractivity contribution in [3.8, 4) is 55.6 Å². The molecule has 0 aliphatic carbocycles. The van der Waals surface area contributed by atoms with Gasteiger partial charge in [0.25, 0.3) is 0 Å². The van der Waals surface area contributed by atoms with Crippen LogP contribution in [-0.2, 0) is 0 Å². The Bertz CT molecular complexity index is 4660. The van der Waals surface area contributed by atoms with Crippen LogP contribution in [-0.4, -0.2) is 0 Å². The highest BCUT2D eigenvalue weighted by Gasteiger charge is 2.24. The van der Waals surface area contributed by atoms with Gasteiger partial charge in [-0.25, -0.2) is 0 Å². The number of fused-ring (bicyclic) bond motifs is 4. The summed E-state index contributed by atoms with van der Waals surface area (Å²) >= 11 is 1.85. The zero-order valence-corrected chi connectivity index (χ0v) is 48.0. The summed E-state index contributed by atoms with van der Waals surface area (Å²) in [6, 6.07) is 126. The standard InChI is InChI=1S/C82H57N3S/c1-5-20-58(21-6-1)64-26-17-28-66(52-64)60-38-45-71(46-39-60)83(69-30-9-3-10-31-69)74-55-75(84(70-32-11-4-12-33-70)72-47-40-61(41-48-72)67-29-18-27-65(53-67)59-22-7-2-8-23-59)57-76(56-74)85(80-36-19-25-63-24-13-14-34-77(63)80)73-49-42-62(43-50-73)68-44-51-82-79(54-68)78-35-15-16-37-81(78)86-82/h1-57H. The molecule has 0 atom stereocenters. The Morgan fingerprint density at radius 1 is 0.174 bits per heavy atom. The quantitative estimate of drug-likeness (QED) is 0.107. The SMILES string of the molecule is c1ccc(-c2cccc(-c3ccc(N(c4ccccc4)c4cc(N(c5ccccc5)c5ccc(-c6cccc(-c7ccccc7)c6)cc5)cc(N(c5ccc(-c6ccc7sc8ccccc8c7c6)cc5)c5cccc6ccccc56)c4)cc3)c2)cc1. The molecule has 0 spiro atoms. The van der Waals surface area contributed by atoms with Crippen molar-refractivity contribution in [2.24, 2.45) is 0 Å². The molecular weight excluding hydrogens is 1060 g/mol. The van der Waals surface area contributed by atoms with E-state index in [-0.39, 0.29) is 0 Å². The Labute approximate surface area is 506 Å². The Kier molecular flexibility index (Phi) is 13.8. The number of nitrogens with zero attached hydrogens (tertiary/aromatic N) is 3. The molecule has 14 aromatic carbocycles. The molecule has 0 radical (unpaired) electrons. The lowest BCUT2D eigenvalue weighted by Crippen LogP contribution is -2.16. The van der Waals surface area contributed by atoms with E-state index < -0.39 is 0 Å². The number of benzene rings is 14. The van der Waals surface area contributed by atoms with E-state index >= 15 is 0 Å². The summed E-state index contributed by atoms with van der Waals surface area (Å²) in [4.78, 5) is 7.25. The van der Waals surface area contributed by atoms with Gasteiger partial charge in [0, 0.05) is 54.0 Å². The minimum atomic E-state index is 0.996. The van der Waals surface area contributed by atoms with Gasteiger partial charge in [-0.1, -0.05) is 231 Å². The van der Waals surface area contributed by atoms with Crippen molar-refractivity contribution in [3.05, 3.63) is 346 Å². The molecule has 4 heteroatoms. The van der Waals surface area contributed by atoms with Crippen molar-refractivity contribution < 1.29 is 0 Å². The summed E-state index contributed by atoms with van der Waals surface area (Å²) in [6.07, 6.45) is 0. The zero-order valence-electron chi connectivity index (χ0n) is 47.2. The first-order valence-corrected chi connectivity index (χ1v) is 30.1. The van der Waals surface area contributed by atoms with Crippen LogP contribution >= 0.6 is 11.3 Å². The number of hydrogen-bond donors (Lipinski definition) is 0. The molecule has 15 rings (SSSR count). The lowest BCUT2D eigenvalue weighted by Gasteiger charge is -2.33. The highest BCUT2D eigenvalue weighted by atomic mass is 32.1. The van der Waals surface area contributed by atoms with Gasteiger partial charge in [-0.05, 0) is 176 Å². The fourth-order valence-electron chi connectivity index (χ4n) is 12.2. The van der Waals surface area contributed by atoms with E-state index in [4.69, 9.17) is 0 Å². The molecule has 0 amide bonds. The molecule has 1 aromatic heterocycles. The summed E-state index contributed by atoms with van der Waals surface area (Å²) < 4.78 is 2.61. The lowest BCUT2D eigenvalue weighted by molar-refractivity contribution is 1.23. The molecule has 0 bridgehead atoms. The van der Waals surface area contributed by atoms with Crippen LogP contribution in [0.5, 0.6) is 0 Å². The van der Waals surface area contributed by atoms with E-state index in [1.165, 1.54) is 64.5 Å². The van der Waals surface area contributed by atoms with Crippen LogP contribution in [0.1, 0.15) is 0 Å². The van der Waals surface area contributed by atoms with Gasteiger partial charge < -0.3 is 14.7 Å². The van der Waals surface area contributed by atoms with Gasteiger partial charge in [0.1, 0.15) is 0 Å². The molecule has 0 unspecified atom stereocenters. The van der Waals surface area contributed by atoms with E-state index in [0.29, 0.717) is 0 Å². The van der Waals surface area contributed by atoms with E-state index in [9.17, 15) is 0 Å². The first-order valence-electron chi connectivity index (χ1n) is 29.3. The van der Waals surface area contributed by atoms with Crippen LogP contribution in [0.3, 0.4) is 0 Å². The lowest BCUT2D eigenvalue weighted by atomic mass is 9.98. The van der Waals surface area contributed by atoms with Gasteiger partial charge in [-0.15, -0.1) is 11.3 Å². The third-order valence-electron chi connectivity index (χ3n) is 16.4. The van der Waals surface area contributed by atoms with Crippen LogP contribution in [0.25, 0.3) is 86.6 Å². The minimum Gasteiger partial charge on any atom is -0.310 e. The maximum absolute atomic E-state index is 2.45. The topological polar surface area (TPSA) is 9.72 Å². The third kappa shape index (κ3) is 10.3. The second-order valence-corrected chi connectivity index (χ2v) is 22.8. The fraction of sp³-hybridized carbons (Fsp3) is 0. The molecular formula is C82H57N3S. The maximum Gasteiger partial charge on any atom is 0.0540 e. The van der Waals surface area contributed by atoms with Crippen molar-refractivity contribution >= 4 is 93.5 Å². The normalized spacial score (nSPS) is 11.3. The molecule has 0 saturated heterocycles. The zero-order chi connectivity index (χ0) is 57.2. The molecule has 0 saturated carbocycles. The van der Waals surface area contributed by atoms with Gasteiger partial charge in [-0.2, -0.15) is 0 Å². The summed E-state index contributed by atoms with van der Waals surface area (Å²) in [5.74, 6) is 0. The van der Waals surface area contributed by atoms with E-state index in [1.54, 1.807) is 0 Å². The van der Waals surface area contributed by atoms with Gasteiger partial charge >= 0.3 is 0 Å². The Balaban J connectivity index is 0.918.